The minimum absolute atomic E-state index is 0.115. The highest BCUT2D eigenvalue weighted by molar-refractivity contribution is 5.97. The Morgan fingerprint density at radius 1 is 1.62 bits per heavy atom. The van der Waals surface area contributed by atoms with Gasteiger partial charge in [-0.15, -0.1) is 5.10 Å². The number of aromatic nitrogens is 3. The summed E-state index contributed by atoms with van der Waals surface area (Å²) in [6, 6.07) is -0.352. The Kier molecular flexibility index (Phi) is 2.71. The van der Waals surface area contributed by atoms with Crippen LogP contribution in [0.5, 0.6) is 6.01 Å². The first kappa shape index (κ1) is 10.4. The SMILES string of the molecule is COc1n[nH]c(NC(=O)[C@@H]2CCC(=O)N2)n1. The van der Waals surface area contributed by atoms with E-state index in [1.165, 1.54) is 7.11 Å². The number of carbonyl (C=O) groups is 2. The maximum absolute atomic E-state index is 11.6. The van der Waals surface area contributed by atoms with Crippen molar-refractivity contribution in [2.75, 3.05) is 12.4 Å². The fraction of sp³-hybridized carbons (Fsp3) is 0.500. The lowest BCUT2D eigenvalue weighted by Crippen LogP contribution is -2.37. The summed E-state index contributed by atoms with van der Waals surface area (Å²) in [6.45, 7) is 0. The molecule has 2 amide bonds. The average Bonchev–Trinajstić information content (AvgIpc) is 2.87. The van der Waals surface area contributed by atoms with Gasteiger partial charge in [-0.3, -0.25) is 14.9 Å². The fourth-order valence-corrected chi connectivity index (χ4v) is 1.41. The normalized spacial score (nSPS) is 19.3. The lowest BCUT2D eigenvalue weighted by molar-refractivity contribution is -0.122. The van der Waals surface area contributed by atoms with Crippen molar-refractivity contribution in [2.24, 2.45) is 0 Å². The van der Waals surface area contributed by atoms with E-state index in [2.05, 4.69) is 25.8 Å². The molecule has 1 aliphatic heterocycles. The molecule has 0 unspecified atom stereocenters. The van der Waals surface area contributed by atoms with Crippen molar-refractivity contribution in [2.45, 2.75) is 18.9 Å². The first-order valence-corrected chi connectivity index (χ1v) is 4.75. The Morgan fingerprint density at radius 3 is 3.00 bits per heavy atom. The van der Waals surface area contributed by atoms with E-state index in [9.17, 15) is 9.59 Å². The van der Waals surface area contributed by atoms with Crippen molar-refractivity contribution in [1.82, 2.24) is 20.5 Å². The lowest BCUT2D eigenvalue weighted by atomic mass is 10.2. The van der Waals surface area contributed by atoms with Gasteiger partial charge >= 0.3 is 6.01 Å². The number of carbonyl (C=O) groups excluding carboxylic acids is 2. The Balaban J connectivity index is 1.94. The molecule has 2 heterocycles. The maximum atomic E-state index is 11.6. The van der Waals surface area contributed by atoms with Crippen LogP contribution in [0.25, 0.3) is 0 Å². The van der Waals surface area contributed by atoms with E-state index < -0.39 is 6.04 Å². The van der Waals surface area contributed by atoms with Gasteiger partial charge in [-0.25, -0.2) is 5.10 Å². The predicted molar refractivity (Wildman–Crippen MR) is 52.7 cm³/mol. The molecule has 2 rings (SSSR count). The molecule has 8 heteroatoms. The summed E-state index contributed by atoms with van der Waals surface area (Å²) in [4.78, 5) is 26.3. The lowest BCUT2D eigenvalue weighted by Gasteiger charge is -2.07. The van der Waals surface area contributed by atoms with Crippen LogP contribution in [-0.4, -0.2) is 40.1 Å². The molecular weight excluding hydrogens is 214 g/mol. The largest absolute Gasteiger partial charge is 0.466 e. The Hall–Kier alpha value is -2.12. The van der Waals surface area contributed by atoms with Gasteiger partial charge in [0.25, 0.3) is 0 Å². The molecule has 1 aromatic heterocycles. The van der Waals surface area contributed by atoms with Gasteiger partial charge in [-0.2, -0.15) is 4.98 Å². The molecule has 0 aliphatic carbocycles. The van der Waals surface area contributed by atoms with Gasteiger partial charge in [0.2, 0.25) is 17.8 Å². The summed E-state index contributed by atoms with van der Waals surface area (Å²) in [5.74, 6) is -0.233. The van der Waals surface area contributed by atoms with Crippen molar-refractivity contribution in [1.29, 1.82) is 0 Å². The van der Waals surface area contributed by atoms with Gasteiger partial charge < -0.3 is 10.1 Å². The predicted octanol–water partition coefficient (Wildman–Crippen LogP) is -0.970. The van der Waals surface area contributed by atoms with Crippen LogP contribution < -0.4 is 15.4 Å². The van der Waals surface area contributed by atoms with E-state index in [4.69, 9.17) is 4.74 Å². The molecule has 8 nitrogen and oxygen atoms in total. The zero-order valence-corrected chi connectivity index (χ0v) is 8.61. The second kappa shape index (κ2) is 4.17. The minimum atomic E-state index is -0.497. The molecule has 16 heavy (non-hydrogen) atoms. The van der Waals surface area contributed by atoms with Crippen LogP contribution in [0.1, 0.15) is 12.8 Å². The zero-order chi connectivity index (χ0) is 11.5. The number of methoxy groups -OCH3 is 1. The molecule has 1 fully saturated rings. The molecule has 1 saturated heterocycles. The summed E-state index contributed by atoms with van der Waals surface area (Å²) >= 11 is 0. The van der Waals surface area contributed by atoms with E-state index in [-0.39, 0.29) is 23.8 Å². The Labute approximate surface area is 90.8 Å². The second-order valence-electron chi connectivity index (χ2n) is 3.32. The molecule has 1 atom stereocenters. The summed E-state index contributed by atoms with van der Waals surface area (Å²) in [5.41, 5.74) is 0. The van der Waals surface area contributed by atoms with E-state index >= 15 is 0 Å². The van der Waals surface area contributed by atoms with Crippen LogP contribution in [0.3, 0.4) is 0 Å². The number of hydrogen-bond donors (Lipinski definition) is 3. The molecule has 1 aliphatic rings. The summed E-state index contributed by atoms with van der Waals surface area (Å²) in [7, 11) is 1.42. The molecule has 0 aromatic carbocycles. The molecule has 86 valence electrons. The molecule has 0 spiro atoms. The average molecular weight is 225 g/mol. The number of rotatable bonds is 3. The van der Waals surface area contributed by atoms with Crippen molar-refractivity contribution >= 4 is 17.8 Å². The quantitative estimate of drug-likeness (QED) is 0.613. The number of ether oxygens (including phenoxy) is 1. The van der Waals surface area contributed by atoms with E-state index in [0.717, 1.165) is 0 Å². The maximum Gasteiger partial charge on any atom is 0.336 e. The number of hydrogen-bond acceptors (Lipinski definition) is 5. The van der Waals surface area contributed by atoms with Gasteiger partial charge in [-0.1, -0.05) is 0 Å². The number of nitrogens with one attached hydrogen (secondary N) is 3. The van der Waals surface area contributed by atoms with E-state index in [1.807, 2.05) is 0 Å². The topological polar surface area (TPSA) is 109 Å². The highest BCUT2D eigenvalue weighted by Gasteiger charge is 2.27. The first-order valence-electron chi connectivity index (χ1n) is 4.75. The van der Waals surface area contributed by atoms with Crippen molar-refractivity contribution in [3.05, 3.63) is 0 Å². The monoisotopic (exact) mass is 225 g/mol. The molecule has 1 aromatic rings. The van der Waals surface area contributed by atoms with Crippen LogP contribution in [0.2, 0.25) is 0 Å². The van der Waals surface area contributed by atoms with Gasteiger partial charge in [0, 0.05) is 6.42 Å². The van der Waals surface area contributed by atoms with Crippen LogP contribution in [0.15, 0.2) is 0 Å². The minimum Gasteiger partial charge on any atom is -0.466 e. The van der Waals surface area contributed by atoms with Crippen LogP contribution in [0, 0.1) is 0 Å². The Morgan fingerprint density at radius 2 is 2.44 bits per heavy atom. The molecule has 0 saturated carbocycles. The van der Waals surface area contributed by atoms with Crippen molar-refractivity contribution < 1.29 is 14.3 Å². The molecule has 0 radical (unpaired) electrons. The molecule has 0 bridgehead atoms. The van der Waals surface area contributed by atoms with Gasteiger partial charge in [-0.05, 0) is 6.42 Å². The smallest absolute Gasteiger partial charge is 0.336 e. The van der Waals surface area contributed by atoms with Crippen LogP contribution in [-0.2, 0) is 9.59 Å². The van der Waals surface area contributed by atoms with Gasteiger partial charge in [0.05, 0.1) is 7.11 Å². The second-order valence-corrected chi connectivity index (χ2v) is 3.32. The standard InChI is InChI=1S/C8H11N5O3/c1-16-8-11-7(12-13-8)10-6(15)4-2-3-5(14)9-4/h4H,2-3H2,1H3,(H,9,14)(H2,10,11,12,13,15)/t4-/m0/s1. The third-order valence-corrected chi connectivity index (χ3v) is 2.20. The number of H-pyrrole nitrogens is 1. The summed E-state index contributed by atoms with van der Waals surface area (Å²) in [6.07, 6.45) is 0.869. The number of amides is 2. The van der Waals surface area contributed by atoms with Crippen LogP contribution >= 0.6 is 0 Å². The third-order valence-electron chi connectivity index (χ3n) is 2.20. The third kappa shape index (κ3) is 2.10. The number of anilines is 1. The zero-order valence-electron chi connectivity index (χ0n) is 8.61. The van der Waals surface area contributed by atoms with E-state index in [1.54, 1.807) is 0 Å². The van der Waals surface area contributed by atoms with E-state index in [0.29, 0.717) is 12.8 Å². The highest BCUT2D eigenvalue weighted by Crippen LogP contribution is 2.10. The molecule has 3 N–H and O–H groups in total. The van der Waals surface area contributed by atoms with Gasteiger partial charge in [0.15, 0.2) is 0 Å². The highest BCUT2D eigenvalue weighted by atomic mass is 16.5. The summed E-state index contributed by atoms with van der Waals surface area (Å²) < 4.78 is 4.74. The first-order chi connectivity index (χ1) is 7.69. The number of nitrogens with zero attached hydrogens (tertiary/aromatic N) is 2. The van der Waals surface area contributed by atoms with Gasteiger partial charge in [0.1, 0.15) is 6.04 Å². The van der Waals surface area contributed by atoms with Crippen molar-refractivity contribution in [3.63, 3.8) is 0 Å². The van der Waals surface area contributed by atoms with Crippen LogP contribution in [0.4, 0.5) is 5.95 Å². The number of aromatic amines is 1. The molecular formula is C8H11N5O3. The van der Waals surface area contributed by atoms with Crippen molar-refractivity contribution in [3.8, 4) is 6.01 Å². The Bertz CT molecular complexity index is 416. The summed E-state index contributed by atoms with van der Waals surface area (Å²) in [5, 5.41) is 11.2. The fourth-order valence-electron chi connectivity index (χ4n) is 1.41.